The molecule has 25 heavy (non-hydrogen) atoms. The van der Waals surface area contributed by atoms with Crippen molar-refractivity contribution in [2.45, 2.75) is 32.5 Å². The summed E-state index contributed by atoms with van der Waals surface area (Å²) in [5.41, 5.74) is 4.24. The van der Waals surface area contributed by atoms with E-state index in [0.29, 0.717) is 18.7 Å². The van der Waals surface area contributed by atoms with Crippen LogP contribution in [0.4, 0.5) is 0 Å². The Labute approximate surface area is 149 Å². The molecule has 4 nitrogen and oxygen atoms in total. The Morgan fingerprint density at radius 3 is 2.40 bits per heavy atom. The summed E-state index contributed by atoms with van der Waals surface area (Å²) in [4.78, 5) is 14.9. The number of rotatable bonds is 7. The van der Waals surface area contributed by atoms with Crippen LogP contribution >= 0.6 is 0 Å². The largest absolute Gasteiger partial charge is 0.380 e. The van der Waals surface area contributed by atoms with Gasteiger partial charge in [-0.2, -0.15) is 0 Å². The molecule has 0 aromatic heterocycles. The average Bonchev–Trinajstić information content (AvgIpc) is 3.15. The lowest BCUT2D eigenvalue weighted by atomic mass is 10.1. The predicted molar refractivity (Wildman–Crippen MR) is 99.3 cm³/mol. The highest BCUT2D eigenvalue weighted by atomic mass is 16.5. The Kier molecular flexibility index (Phi) is 6.20. The number of likely N-dealkylation sites (tertiary alicyclic amines) is 1. The van der Waals surface area contributed by atoms with Crippen molar-refractivity contribution in [1.29, 1.82) is 0 Å². The molecule has 0 bridgehead atoms. The molecule has 0 unspecified atom stereocenters. The minimum Gasteiger partial charge on any atom is -0.380 e. The van der Waals surface area contributed by atoms with E-state index in [0.717, 1.165) is 12.1 Å². The lowest BCUT2D eigenvalue weighted by Crippen LogP contribution is -2.25. The topological polar surface area (TPSA) is 41.6 Å². The fourth-order valence-corrected chi connectivity index (χ4v) is 3.26. The second-order valence-corrected chi connectivity index (χ2v) is 6.56. The number of nitrogens with zero attached hydrogens (tertiary/aromatic N) is 1. The molecule has 2 aromatic rings. The smallest absolute Gasteiger partial charge is 0.251 e. The summed E-state index contributed by atoms with van der Waals surface area (Å²) in [5.74, 6) is -0.0417. The summed E-state index contributed by atoms with van der Waals surface area (Å²) in [6.07, 6.45) is 2.58. The van der Waals surface area contributed by atoms with Gasteiger partial charge >= 0.3 is 0 Å². The van der Waals surface area contributed by atoms with Crippen molar-refractivity contribution < 1.29 is 9.53 Å². The predicted octanol–water partition coefficient (Wildman–Crippen LogP) is 3.36. The second kappa shape index (κ2) is 8.79. The number of carbonyl (C=O) groups is 1. The lowest BCUT2D eigenvalue weighted by Gasteiger charge is -2.17. The molecule has 0 radical (unpaired) electrons. The molecule has 0 saturated carbocycles. The van der Waals surface area contributed by atoms with Crippen LogP contribution in [-0.4, -0.2) is 31.0 Å². The van der Waals surface area contributed by atoms with Gasteiger partial charge in [-0.1, -0.05) is 36.4 Å². The van der Waals surface area contributed by atoms with Crippen molar-refractivity contribution in [2.75, 3.05) is 20.2 Å². The summed E-state index contributed by atoms with van der Waals surface area (Å²) < 4.78 is 5.10. The van der Waals surface area contributed by atoms with Gasteiger partial charge in [-0.15, -0.1) is 0 Å². The van der Waals surface area contributed by atoms with Crippen LogP contribution in [0.3, 0.4) is 0 Å². The van der Waals surface area contributed by atoms with Gasteiger partial charge in [-0.3, -0.25) is 9.69 Å². The number of hydrogen-bond acceptors (Lipinski definition) is 3. The minimum atomic E-state index is -0.0417. The van der Waals surface area contributed by atoms with E-state index in [1.807, 2.05) is 30.3 Å². The molecule has 0 atom stereocenters. The first-order chi connectivity index (χ1) is 12.3. The van der Waals surface area contributed by atoms with E-state index in [1.54, 1.807) is 7.11 Å². The van der Waals surface area contributed by atoms with E-state index in [4.69, 9.17) is 4.74 Å². The number of benzene rings is 2. The first-order valence-electron chi connectivity index (χ1n) is 8.91. The van der Waals surface area contributed by atoms with Crippen LogP contribution in [0.15, 0.2) is 48.5 Å². The highest BCUT2D eigenvalue weighted by Gasteiger charge is 2.14. The standard InChI is InChI=1S/C21H26N2O2/c1-25-16-17-8-10-18(11-9-17)21(24)22-14-19-6-2-3-7-20(19)15-23-12-4-5-13-23/h2-3,6-11H,4-5,12-16H2,1H3,(H,22,24). The van der Waals surface area contributed by atoms with Gasteiger partial charge in [-0.25, -0.2) is 0 Å². The van der Waals surface area contributed by atoms with Crippen LogP contribution in [-0.2, 0) is 24.4 Å². The normalized spacial score (nSPS) is 14.6. The van der Waals surface area contributed by atoms with Crippen molar-refractivity contribution in [3.8, 4) is 0 Å². The van der Waals surface area contributed by atoms with Crippen LogP contribution in [0.1, 0.15) is 39.9 Å². The van der Waals surface area contributed by atoms with Gasteiger partial charge in [0.2, 0.25) is 0 Å². The van der Waals surface area contributed by atoms with Crippen molar-refractivity contribution >= 4 is 5.91 Å². The summed E-state index contributed by atoms with van der Waals surface area (Å²) >= 11 is 0. The third-order valence-electron chi connectivity index (χ3n) is 4.68. The van der Waals surface area contributed by atoms with Crippen molar-refractivity contribution in [3.63, 3.8) is 0 Å². The molecule has 1 fully saturated rings. The lowest BCUT2D eigenvalue weighted by molar-refractivity contribution is 0.0950. The van der Waals surface area contributed by atoms with Gasteiger partial charge in [0.05, 0.1) is 6.61 Å². The zero-order valence-electron chi connectivity index (χ0n) is 14.8. The van der Waals surface area contributed by atoms with E-state index in [1.165, 1.54) is 37.1 Å². The highest BCUT2D eigenvalue weighted by Crippen LogP contribution is 2.16. The molecule has 2 aromatic carbocycles. The number of carbonyl (C=O) groups excluding carboxylic acids is 1. The van der Waals surface area contributed by atoms with E-state index in [-0.39, 0.29) is 5.91 Å². The van der Waals surface area contributed by atoms with Gasteiger partial charge in [0, 0.05) is 25.8 Å². The molecule has 4 heteroatoms. The number of amides is 1. The van der Waals surface area contributed by atoms with E-state index in [2.05, 4.69) is 28.4 Å². The SMILES string of the molecule is COCc1ccc(C(=O)NCc2ccccc2CN2CCCC2)cc1. The average molecular weight is 338 g/mol. The van der Waals surface area contributed by atoms with Crippen LogP contribution in [0, 0.1) is 0 Å². The van der Waals surface area contributed by atoms with Gasteiger partial charge in [-0.05, 0) is 54.8 Å². The summed E-state index contributed by atoms with van der Waals surface area (Å²) in [6, 6.07) is 15.9. The van der Waals surface area contributed by atoms with Crippen LogP contribution in [0.5, 0.6) is 0 Å². The third-order valence-corrected chi connectivity index (χ3v) is 4.68. The quantitative estimate of drug-likeness (QED) is 0.842. The van der Waals surface area contributed by atoms with E-state index < -0.39 is 0 Å². The monoisotopic (exact) mass is 338 g/mol. The fourth-order valence-electron chi connectivity index (χ4n) is 3.26. The van der Waals surface area contributed by atoms with Crippen molar-refractivity contribution in [2.24, 2.45) is 0 Å². The molecule has 1 heterocycles. The zero-order valence-corrected chi connectivity index (χ0v) is 14.8. The summed E-state index contributed by atoms with van der Waals surface area (Å²) in [6.45, 7) is 4.44. The highest BCUT2D eigenvalue weighted by molar-refractivity contribution is 5.94. The van der Waals surface area contributed by atoms with Crippen LogP contribution in [0.2, 0.25) is 0 Å². The number of nitrogens with one attached hydrogen (secondary N) is 1. The fraction of sp³-hybridized carbons (Fsp3) is 0.381. The molecule has 1 saturated heterocycles. The maximum absolute atomic E-state index is 12.4. The van der Waals surface area contributed by atoms with Crippen molar-refractivity contribution in [1.82, 2.24) is 10.2 Å². The maximum atomic E-state index is 12.4. The van der Waals surface area contributed by atoms with Gasteiger partial charge in [0.25, 0.3) is 5.91 Å². The maximum Gasteiger partial charge on any atom is 0.251 e. The number of hydrogen-bond donors (Lipinski definition) is 1. The summed E-state index contributed by atoms with van der Waals surface area (Å²) in [7, 11) is 1.67. The van der Waals surface area contributed by atoms with Gasteiger partial charge in [0.1, 0.15) is 0 Å². The Morgan fingerprint density at radius 2 is 1.72 bits per heavy atom. The van der Waals surface area contributed by atoms with Gasteiger partial charge in [0.15, 0.2) is 0 Å². The van der Waals surface area contributed by atoms with E-state index >= 15 is 0 Å². The molecule has 1 aliphatic heterocycles. The molecule has 1 aliphatic rings. The third kappa shape index (κ3) is 4.91. The Bertz CT molecular complexity index is 691. The molecule has 0 aliphatic carbocycles. The first-order valence-corrected chi connectivity index (χ1v) is 8.91. The van der Waals surface area contributed by atoms with Crippen LogP contribution < -0.4 is 5.32 Å². The Hall–Kier alpha value is -2.17. The number of ether oxygens (including phenoxy) is 1. The van der Waals surface area contributed by atoms with Crippen LogP contribution in [0.25, 0.3) is 0 Å². The van der Waals surface area contributed by atoms with Gasteiger partial charge < -0.3 is 10.1 Å². The van der Waals surface area contributed by atoms with E-state index in [9.17, 15) is 4.79 Å². The minimum absolute atomic E-state index is 0.0417. The molecule has 3 rings (SSSR count). The Balaban J connectivity index is 1.59. The molecule has 1 amide bonds. The summed E-state index contributed by atoms with van der Waals surface area (Å²) in [5, 5.41) is 3.04. The molecular formula is C21H26N2O2. The second-order valence-electron chi connectivity index (χ2n) is 6.56. The molecular weight excluding hydrogens is 312 g/mol. The first kappa shape index (κ1) is 17.6. The molecule has 0 spiro atoms. The Morgan fingerprint density at radius 1 is 1.04 bits per heavy atom. The zero-order chi connectivity index (χ0) is 17.5. The molecule has 1 N–H and O–H groups in total. The molecule has 132 valence electrons. The van der Waals surface area contributed by atoms with Crippen molar-refractivity contribution in [3.05, 3.63) is 70.8 Å². The number of methoxy groups -OCH3 is 1.